The number of rotatable bonds is 3. The normalized spacial score (nSPS) is 13.2. The van der Waals surface area contributed by atoms with Gasteiger partial charge < -0.3 is 9.84 Å². The van der Waals surface area contributed by atoms with Gasteiger partial charge in [0.15, 0.2) is 0 Å². The minimum absolute atomic E-state index is 0.670. The number of benzene rings is 1. The average Bonchev–Trinajstić information content (AvgIpc) is 2.06. The summed E-state index contributed by atoms with van der Waals surface area (Å²) in [4.78, 5) is 0. The smallest absolute Gasteiger partial charge is 0.217 e. The highest BCUT2D eigenvalue weighted by molar-refractivity contribution is 5.21. The number of aliphatic hydroxyl groups is 1. The van der Waals surface area contributed by atoms with E-state index in [4.69, 9.17) is 4.74 Å². The molecule has 0 aliphatic rings. The van der Waals surface area contributed by atoms with Gasteiger partial charge in [-0.3, -0.25) is 0 Å². The van der Waals surface area contributed by atoms with Gasteiger partial charge in [0.1, 0.15) is 5.75 Å². The van der Waals surface area contributed by atoms with Crippen molar-refractivity contribution < 1.29 is 9.84 Å². The molecule has 2 heteroatoms. The third kappa shape index (κ3) is 2.76. The number of hydrogen-bond donors (Lipinski definition) is 1. The summed E-state index contributed by atoms with van der Waals surface area (Å²) in [5, 5.41) is 9.19. The second-order valence-electron chi connectivity index (χ2n) is 2.35. The van der Waals surface area contributed by atoms with Crippen molar-refractivity contribution in [3.05, 3.63) is 42.5 Å². The first-order chi connectivity index (χ1) is 5.83. The Kier molecular flexibility index (Phi) is 3.35. The maximum atomic E-state index is 9.19. The fourth-order valence-electron chi connectivity index (χ4n) is 0.842. The maximum Gasteiger partial charge on any atom is 0.217 e. The minimum Gasteiger partial charge on any atom is -0.461 e. The molecule has 0 radical (unpaired) electrons. The highest BCUT2D eigenvalue weighted by Gasteiger charge is 1.97. The summed E-state index contributed by atoms with van der Waals surface area (Å²) in [6, 6.07) is 9.21. The summed E-state index contributed by atoms with van der Waals surface area (Å²) in [7, 11) is 0. The van der Waals surface area contributed by atoms with Gasteiger partial charge in [0.05, 0.1) is 0 Å². The quantitative estimate of drug-likeness (QED) is 0.546. The van der Waals surface area contributed by atoms with E-state index in [1.54, 1.807) is 24.3 Å². The first-order valence-corrected chi connectivity index (χ1v) is 3.85. The molecule has 0 amide bonds. The molecular weight excluding hydrogens is 152 g/mol. The number of hydrogen-bond acceptors (Lipinski definition) is 2. The molecule has 1 rings (SSSR count). The van der Waals surface area contributed by atoms with Gasteiger partial charge in [-0.2, -0.15) is 0 Å². The number of ether oxygens (including phenoxy) is 1. The predicted molar refractivity (Wildman–Crippen MR) is 47.9 cm³/mol. The number of aliphatic hydroxyl groups excluding tert-OH is 1. The molecule has 0 heterocycles. The van der Waals surface area contributed by atoms with E-state index in [0.29, 0.717) is 5.75 Å². The van der Waals surface area contributed by atoms with Crippen LogP contribution in [0.25, 0.3) is 0 Å². The lowest BCUT2D eigenvalue weighted by Gasteiger charge is -2.08. The minimum atomic E-state index is -0.850. The number of para-hydroxylation sites is 1. The van der Waals surface area contributed by atoms with Crippen LogP contribution in [-0.4, -0.2) is 11.4 Å². The van der Waals surface area contributed by atoms with E-state index in [1.807, 2.05) is 25.1 Å². The van der Waals surface area contributed by atoms with E-state index >= 15 is 0 Å². The average molecular weight is 164 g/mol. The van der Waals surface area contributed by atoms with Crippen LogP contribution in [0.2, 0.25) is 0 Å². The molecule has 1 atom stereocenters. The van der Waals surface area contributed by atoms with Crippen molar-refractivity contribution >= 4 is 0 Å². The molecule has 0 aliphatic carbocycles. The molecule has 1 aromatic rings. The molecule has 0 fully saturated rings. The fourth-order valence-corrected chi connectivity index (χ4v) is 0.842. The van der Waals surface area contributed by atoms with E-state index in [2.05, 4.69) is 0 Å². The molecule has 0 saturated heterocycles. The van der Waals surface area contributed by atoms with Gasteiger partial charge in [0, 0.05) is 0 Å². The van der Waals surface area contributed by atoms with Crippen LogP contribution in [0.1, 0.15) is 6.92 Å². The van der Waals surface area contributed by atoms with Crippen LogP contribution in [0.5, 0.6) is 5.75 Å². The molecule has 1 N–H and O–H groups in total. The molecule has 0 bridgehead atoms. The third-order valence-electron chi connectivity index (χ3n) is 1.36. The van der Waals surface area contributed by atoms with Crippen molar-refractivity contribution in [1.82, 2.24) is 0 Å². The second kappa shape index (κ2) is 4.57. The van der Waals surface area contributed by atoms with Crippen LogP contribution in [0.3, 0.4) is 0 Å². The van der Waals surface area contributed by atoms with E-state index < -0.39 is 6.29 Å². The maximum absolute atomic E-state index is 9.19. The highest BCUT2D eigenvalue weighted by Crippen LogP contribution is 2.09. The first-order valence-electron chi connectivity index (χ1n) is 3.85. The Morgan fingerprint density at radius 3 is 2.58 bits per heavy atom. The van der Waals surface area contributed by atoms with Crippen LogP contribution in [0.15, 0.2) is 42.5 Å². The molecule has 0 saturated carbocycles. The monoisotopic (exact) mass is 164 g/mol. The molecule has 0 aliphatic heterocycles. The zero-order chi connectivity index (χ0) is 8.81. The van der Waals surface area contributed by atoms with E-state index in [9.17, 15) is 5.11 Å². The Morgan fingerprint density at radius 2 is 2.00 bits per heavy atom. The van der Waals surface area contributed by atoms with Crippen molar-refractivity contribution in [2.45, 2.75) is 13.2 Å². The first kappa shape index (κ1) is 8.81. The zero-order valence-corrected chi connectivity index (χ0v) is 6.97. The molecule has 1 aromatic carbocycles. The van der Waals surface area contributed by atoms with Gasteiger partial charge in [0.2, 0.25) is 6.29 Å². The van der Waals surface area contributed by atoms with Crippen molar-refractivity contribution in [2.75, 3.05) is 0 Å². The summed E-state index contributed by atoms with van der Waals surface area (Å²) < 4.78 is 5.12. The Morgan fingerprint density at radius 1 is 1.33 bits per heavy atom. The topological polar surface area (TPSA) is 29.5 Å². The van der Waals surface area contributed by atoms with Crippen molar-refractivity contribution in [3.8, 4) is 5.75 Å². The van der Waals surface area contributed by atoms with Crippen molar-refractivity contribution in [3.63, 3.8) is 0 Å². The van der Waals surface area contributed by atoms with Crippen LogP contribution >= 0.6 is 0 Å². The molecule has 0 aromatic heterocycles. The number of allylic oxidation sites excluding steroid dienone is 1. The summed E-state index contributed by atoms with van der Waals surface area (Å²) in [5.41, 5.74) is 0. The van der Waals surface area contributed by atoms with E-state index in [0.717, 1.165) is 0 Å². The Labute approximate surface area is 72.1 Å². The molecule has 12 heavy (non-hydrogen) atoms. The van der Waals surface area contributed by atoms with Gasteiger partial charge in [-0.25, -0.2) is 0 Å². The van der Waals surface area contributed by atoms with Gasteiger partial charge in [-0.05, 0) is 25.1 Å². The Balaban J connectivity index is 2.52. The van der Waals surface area contributed by atoms with E-state index in [1.165, 1.54) is 0 Å². The second-order valence-corrected chi connectivity index (χ2v) is 2.35. The largest absolute Gasteiger partial charge is 0.461 e. The fraction of sp³-hybridized carbons (Fsp3) is 0.200. The molecular formula is C10H12O2. The molecule has 1 unspecified atom stereocenters. The lowest BCUT2D eigenvalue weighted by molar-refractivity contribution is 0.0247. The highest BCUT2D eigenvalue weighted by atomic mass is 16.6. The van der Waals surface area contributed by atoms with Crippen molar-refractivity contribution in [2.24, 2.45) is 0 Å². The Hall–Kier alpha value is -1.28. The van der Waals surface area contributed by atoms with Crippen LogP contribution in [-0.2, 0) is 0 Å². The van der Waals surface area contributed by atoms with Gasteiger partial charge in [-0.1, -0.05) is 24.3 Å². The predicted octanol–water partition coefficient (Wildman–Crippen LogP) is 1.96. The third-order valence-corrected chi connectivity index (χ3v) is 1.36. The lowest BCUT2D eigenvalue weighted by Crippen LogP contribution is -2.11. The van der Waals surface area contributed by atoms with Crippen LogP contribution < -0.4 is 4.74 Å². The summed E-state index contributed by atoms with van der Waals surface area (Å²) >= 11 is 0. The molecule has 64 valence electrons. The van der Waals surface area contributed by atoms with E-state index in [-0.39, 0.29) is 0 Å². The van der Waals surface area contributed by atoms with Crippen LogP contribution in [0, 0.1) is 0 Å². The summed E-state index contributed by atoms with van der Waals surface area (Å²) in [6.07, 6.45) is 2.47. The SMILES string of the molecule is CC=CC(O)Oc1ccccc1. The van der Waals surface area contributed by atoms with Crippen molar-refractivity contribution in [1.29, 1.82) is 0 Å². The van der Waals surface area contributed by atoms with Gasteiger partial charge in [0.25, 0.3) is 0 Å². The lowest BCUT2D eigenvalue weighted by atomic mass is 10.3. The Bertz CT molecular complexity index is 241. The molecule has 2 nitrogen and oxygen atoms in total. The van der Waals surface area contributed by atoms with Gasteiger partial charge >= 0.3 is 0 Å². The summed E-state index contributed by atoms with van der Waals surface area (Å²) in [5.74, 6) is 0.670. The summed E-state index contributed by atoms with van der Waals surface area (Å²) in [6.45, 7) is 1.83. The van der Waals surface area contributed by atoms with Crippen LogP contribution in [0.4, 0.5) is 0 Å². The standard InChI is InChI=1S/C10H12O2/c1-2-6-10(11)12-9-7-4-3-5-8-9/h2-8,10-11H,1H3. The van der Waals surface area contributed by atoms with Gasteiger partial charge in [-0.15, -0.1) is 0 Å². The molecule has 0 spiro atoms. The zero-order valence-electron chi connectivity index (χ0n) is 6.97.